The highest BCUT2D eigenvalue weighted by Crippen LogP contribution is 2.25. The van der Waals surface area contributed by atoms with E-state index >= 15 is 0 Å². The monoisotopic (exact) mass is 276 g/mol. The Bertz CT molecular complexity index is 633. The first-order valence-electron chi connectivity index (χ1n) is 5.23. The molecule has 2 heterocycles. The van der Waals surface area contributed by atoms with Gasteiger partial charge < -0.3 is 5.11 Å². The molecule has 0 radical (unpaired) electrons. The Morgan fingerprint density at radius 3 is 3.00 bits per heavy atom. The number of carboxylic acid groups (broad SMARTS) is 1. The maximum Gasteiger partial charge on any atom is 0.412 e. The van der Waals surface area contributed by atoms with Gasteiger partial charge in [0.25, 0.3) is 0 Å². The van der Waals surface area contributed by atoms with E-state index in [-0.39, 0.29) is 17.4 Å². The Labute approximate surface area is 114 Å². The molecule has 6 nitrogen and oxygen atoms in total. The highest BCUT2D eigenvalue weighted by Gasteiger charge is 2.20. The predicted molar refractivity (Wildman–Crippen MR) is 70.6 cm³/mol. The molecule has 0 aliphatic rings. The van der Waals surface area contributed by atoms with E-state index in [9.17, 15) is 4.79 Å². The molecule has 2 aromatic rings. The number of hydrogen-bond acceptors (Lipinski definition) is 3. The molecule has 0 spiro atoms. The number of terminal acetylenes is 1. The summed E-state index contributed by atoms with van der Waals surface area (Å²) < 4.78 is 1.44. The Kier molecular flexibility index (Phi) is 3.68. The van der Waals surface area contributed by atoms with Crippen molar-refractivity contribution in [2.45, 2.75) is 0 Å². The summed E-state index contributed by atoms with van der Waals surface area (Å²) in [6, 6.07) is 3.51. The molecular weight excluding hydrogens is 268 g/mol. The number of nitrogens with zero attached hydrogens (tertiary/aromatic N) is 4. The van der Waals surface area contributed by atoms with E-state index in [1.54, 1.807) is 24.5 Å². The lowest BCUT2D eigenvalue weighted by Crippen LogP contribution is -2.29. The second kappa shape index (κ2) is 5.42. The molecule has 0 aliphatic heterocycles. The number of halogens is 1. The van der Waals surface area contributed by atoms with Crippen LogP contribution in [0.3, 0.4) is 0 Å². The first kappa shape index (κ1) is 12.9. The Balaban J connectivity index is 2.41. The maximum atomic E-state index is 11.1. The normalized spacial score (nSPS) is 9.89. The fraction of sp³-hybridized carbons (Fsp3) is 0.0833. The molecule has 2 rings (SSSR count). The van der Waals surface area contributed by atoms with Gasteiger partial charge in [0.05, 0.1) is 24.6 Å². The number of pyridine rings is 1. The number of rotatable bonds is 3. The number of amides is 1. The molecule has 0 aromatic carbocycles. The fourth-order valence-electron chi connectivity index (χ4n) is 1.49. The van der Waals surface area contributed by atoms with Gasteiger partial charge in [-0.25, -0.2) is 9.48 Å². The largest absolute Gasteiger partial charge is 0.465 e. The van der Waals surface area contributed by atoms with E-state index in [0.29, 0.717) is 5.69 Å². The van der Waals surface area contributed by atoms with E-state index in [4.69, 9.17) is 23.1 Å². The van der Waals surface area contributed by atoms with Gasteiger partial charge in [0, 0.05) is 6.20 Å². The van der Waals surface area contributed by atoms with Crippen molar-refractivity contribution in [2.24, 2.45) is 0 Å². The number of aromatic nitrogens is 3. The number of anilines is 1. The second-order valence-electron chi connectivity index (χ2n) is 3.53. The summed E-state index contributed by atoms with van der Waals surface area (Å²) in [6.45, 7) is -0.103. The van der Waals surface area contributed by atoms with Gasteiger partial charge in [0.2, 0.25) is 0 Å². The minimum atomic E-state index is -1.19. The molecule has 7 heteroatoms. The van der Waals surface area contributed by atoms with Crippen LogP contribution in [0.15, 0.2) is 30.7 Å². The average Bonchev–Trinajstić information content (AvgIpc) is 2.78. The highest BCUT2D eigenvalue weighted by molar-refractivity contribution is 6.32. The van der Waals surface area contributed by atoms with Gasteiger partial charge in [-0.15, -0.1) is 6.42 Å². The number of hydrogen-bond donors (Lipinski definition) is 1. The van der Waals surface area contributed by atoms with Crippen molar-refractivity contribution >= 4 is 23.4 Å². The van der Waals surface area contributed by atoms with Gasteiger partial charge in [0.15, 0.2) is 5.15 Å². The summed E-state index contributed by atoms with van der Waals surface area (Å²) in [4.78, 5) is 16.0. The molecule has 1 N–H and O–H groups in total. The van der Waals surface area contributed by atoms with Crippen LogP contribution in [-0.2, 0) is 0 Å². The summed E-state index contributed by atoms with van der Waals surface area (Å²) in [6.07, 6.45) is 8.64. The van der Waals surface area contributed by atoms with Crippen molar-refractivity contribution in [3.05, 3.63) is 35.9 Å². The third-order valence-electron chi connectivity index (χ3n) is 2.33. The first-order valence-corrected chi connectivity index (χ1v) is 5.60. The summed E-state index contributed by atoms with van der Waals surface area (Å²) in [5, 5.41) is 13.2. The molecule has 96 valence electrons. The van der Waals surface area contributed by atoms with Crippen LogP contribution in [0.5, 0.6) is 0 Å². The smallest absolute Gasteiger partial charge is 0.412 e. The Hall–Kier alpha value is -2.52. The molecule has 0 saturated carbocycles. The van der Waals surface area contributed by atoms with Gasteiger partial charge in [0.1, 0.15) is 5.69 Å². The third-order valence-corrected chi connectivity index (χ3v) is 2.60. The van der Waals surface area contributed by atoms with Crippen molar-refractivity contribution in [1.82, 2.24) is 14.8 Å². The van der Waals surface area contributed by atoms with Crippen LogP contribution < -0.4 is 4.90 Å². The molecular formula is C12H9ClN4O2. The topological polar surface area (TPSA) is 71.2 Å². The van der Waals surface area contributed by atoms with Crippen LogP contribution in [0.25, 0.3) is 5.69 Å². The van der Waals surface area contributed by atoms with Crippen LogP contribution in [0.1, 0.15) is 0 Å². The quantitative estimate of drug-likeness (QED) is 0.871. The summed E-state index contributed by atoms with van der Waals surface area (Å²) >= 11 is 5.94. The van der Waals surface area contributed by atoms with E-state index in [1.165, 1.54) is 10.9 Å². The lowest BCUT2D eigenvalue weighted by Gasteiger charge is -2.13. The highest BCUT2D eigenvalue weighted by atomic mass is 35.5. The Morgan fingerprint density at radius 2 is 2.42 bits per heavy atom. The van der Waals surface area contributed by atoms with Crippen molar-refractivity contribution in [3.8, 4) is 18.0 Å². The zero-order valence-electron chi connectivity index (χ0n) is 9.69. The second-order valence-corrected chi connectivity index (χ2v) is 3.89. The van der Waals surface area contributed by atoms with Crippen molar-refractivity contribution in [2.75, 3.05) is 11.4 Å². The standard InChI is InChI=1S/C12H9ClN4O2/c1-2-6-16(12(18)19)10-8-17(15-11(10)13)9-4-3-5-14-7-9/h1,3-5,7-8H,6H2,(H,18,19). The van der Waals surface area contributed by atoms with Crippen LogP contribution in [0.4, 0.5) is 10.5 Å². The third kappa shape index (κ3) is 2.67. The Morgan fingerprint density at radius 1 is 1.63 bits per heavy atom. The number of carbonyl (C=O) groups is 1. The van der Waals surface area contributed by atoms with Gasteiger partial charge in [-0.2, -0.15) is 5.10 Å². The minimum Gasteiger partial charge on any atom is -0.465 e. The molecule has 0 unspecified atom stereocenters. The van der Waals surface area contributed by atoms with Gasteiger partial charge in [-0.1, -0.05) is 17.5 Å². The van der Waals surface area contributed by atoms with Crippen LogP contribution in [0, 0.1) is 12.3 Å². The van der Waals surface area contributed by atoms with E-state index in [1.807, 2.05) is 0 Å². The van der Waals surface area contributed by atoms with Crippen molar-refractivity contribution < 1.29 is 9.90 Å². The zero-order valence-corrected chi connectivity index (χ0v) is 10.4. The van der Waals surface area contributed by atoms with Crippen LogP contribution >= 0.6 is 11.6 Å². The molecule has 2 aromatic heterocycles. The fourth-order valence-corrected chi connectivity index (χ4v) is 1.73. The average molecular weight is 277 g/mol. The van der Waals surface area contributed by atoms with E-state index < -0.39 is 6.09 Å². The van der Waals surface area contributed by atoms with Gasteiger partial charge >= 0.3 is 6.09 Å². The lowest BCUT2D eigenvalue weighted by molar-refractivity contribution is 0.202. The van der Waals surface area contributed by atoms with Gasteiger partial charge in [-0.05, 0) is 12.1 Å². The summed E-state index contributed by atoms with van der Waals surface area (Å²) in [7, 11) is 0. The molecule has 1 amide bonds. The molecule has 0 bridgehead atoms. The minimum absolute atomic E-state index is 0.0569. The van der Waals surface area contributed by atoms with Crippen LogP contribution in [0.2, 0.25) is 5.15 Å². The molecule has 0 aliphatic carbocycles. The summed E-state index contributed by atoms with van der Waals surface area (Å²) in [5.41, 5.74) is 0.901. The van der Waals surface area contributed by atoms with Crippen molar-refractivity contribution in [1.29, 1.82) is 0 Å². The molecule has 19 heavy (non-hydrogen) atoms. The van der Waals surface area contributed by atoms with Crippen molar-refractivity contribution in [3.63, 3.8) is 0 Å². The molecule has 0 saturated heterocycles. The predicted octanol–water partition coefficient (Wildman–Crippen LogP) is 2.04. The molecule has 0 atom stereocenters. The first-order chi connectivity index (χ1) is 9.13. The zero-order chi connectivity index (χ0) is 13.8. The van der Waals surface area contributed by atoms with Crippen LogP contribution in [-0.4, -0.2) is 32.5 Å². The SMILES string of the molecule is C#CCN(C(=O)O)c1cn(-c2cccnc2)nc1Cl. The van der Waals surface area contributed by atoms with E-state index in [0.717, 1.165) is 4.90 Å². The van der Waals surface area contributed by atoms with Gasteiger partial charge in [-0.3, -0.25) is 9.88 Å². The lowest BCUT2D eigenvalue weighted by atomic mass is 10.4. The van der Waals surface area contributed by atoms with E-state index in [2.05, 4.69) is 16.0 Å². The molecule has 0 fully saturated rings. The summed E-state index contributed by atoms with van der Waals surface area (Å²) in [5.74, 6) is 2.26. The maximum absolute atomic E-state index is 11.1.